The van der Waals surface area contributed by atoms with Crippen LogP contribution in [0.2, 0.25) is 0 Å². The van der Waals surface area contributed by atoms with Gasteiger partial charge in [0.2, 0.25) is 5.03 Å². The molecule has 0 aromatic carbocycles. The van der Waals surface area contributed by atoms with Crippen molar-refractivity contribution in [3.8, 4) is 0 Å². The van der Waals surface area contributed by atoms with Gasteiger partial charge in [0.25, 0.3) is 10.0 Å². The Balaban J connectivity index is 2.10. The fraction of sp³-hybridized carbons (Fsp3) is 0.583. The van der Waals surface area contributed by atoms with Gasteiger partial charge in [0.1, 0.15) is 0 Å². The minimum absolute atomic E-state index is 0.106. The standard InChI is InChI=1S/C12H19N5O2S2/c1-8(2)17(7-9-3-4-9)21(18,19)11-10(15-13)14-12-16(11)5-6-20-12/h5-6,8-9,15H,3-4,7,13H2,1-2H3. The van der Waals surface area contributed by atoms with Gasteiger partial charge >= 0.3 is 0 Å². The number of imidazole rings is 1. The normalized spacial score (nSPS) is 16.2. The number of nitrogen functional groups attached to an aromatic ring is 1. The molecule has 0 aliphatic heterocycles. The highest BCUT2D eigenvalue weighted by Crippen LogP contribution is 2.34. The molecule has 9 heteroatoms. The molecule has 0 spiro atoms. The molecule has 1 aliphatic carbocycles. The van der Waals surface area contributed by atoms with Crippen molar-refractivity contribution in [3.05, 3.63) is 11.6 Å². The Morgan fingerprint density at radius 3 is 2.86 bits per heavy atom. The molecule has 2 aromatic heterocycles. The van der Waals surface area contributed by atoms with Crippen LogP contribution >= 0.6 is 11.3 Å². The van der Waals surface area contributed by atoms with Gasteiger partial charge in [-0.25, -0.2) is 14.3 Å². The lowest BCUT2D eigenvalue weighted by Gasteiger charge is -2.25. The monoisotopic (exact) mass is 329 g/mol. The summed E-state index contributed by atoms with van der Waals surface area (Å²) in [6, 6.07) is -0.106. The lowest BCUT2D eigenvalue weighted by Crippen LogP contribution is -2.39. The molecule has 0 unspecified atom stereocenters. The summed E-state index contributed by atoms with van der Waals surface area (Å²) in [4.78, 5) is 4.84. The quantitative estimate of drug-likeness (QED) is 0.619. The summed E-state index contributed by atoms with van der Waals surface area (Å²) in [6.07, 6.45) is 3.90. The number of hydrazine groups is 1. The first-order valence-corrected chi connectivity index (χ1v) is 9.21. The molecular weight excluding hydrogens is 310 g/mol. The zero-order valence-electron chi connectivity index (χ0n) is 12.0. The molecule has 2 aromatic rings. The van der Waals surface area contributed by atoms with Gasteiger partial charge in [-0.15, -0.1) is 11.3 Å². The van der Waals surface area contributed by atoms with Crippen molar-refractivity contribution < 1.29 is 8.42 Å². The molecule has 3 rings (SSSR count). The van der Waals surface area contributed by atoms with Crippen molar-refractivity contribution in [1.82, 2.24) is 13.7 Å². The molecule has 21 heavy (non-hydrogen) atoms. The molecule has 3 N–H and O–H groups in total. The van der Waals surface area contributed by atoms with Gasteiger partial charge in [0.05, 0.1) is 0 Å². The third kappa shape index (κ3) is 2.54. The fourth-order valence-electron chi connectivity index (χ4n) is 2.36. The summed E-state index contributed by atoms with van der Waals surface area (Å²) in [6.45, 7) is 4.34. The summed E-state index contributed by atoms with van der Waals surface area (Å²) in [5.41, 5.74) is 2.41. The van der Waals surface area contributed by atoms with Crippen LogP contribution in [0.3, 0.4) is 0 Å². The minimum Gasteiger partial charge on any atom is -0.306 e. The first-order chi connectivity index (χ1) is 9.95. The topological polar surface area (TPSA) is 92.7 Å². The highest BCUT2D eigenvalue weighted by Gasteiger charge is 2.37. The van der Waals surface area contributed by atoms with Crippen molar-refractivity contribution in [2.75, 3.05) is 12.0 Å². The van der Waals surface area contributed by atoms with Crippen LogP contribution in [0.1, 0.15) is 26.7 Å². The van der Waals surface area contributed by atoms with Gasteiger partial charge in [0.15, 0.2) is 10.8 Å². The van der Waals surface area contributed by atoms with E-state index in [1.54, 1.807) is 14.9 Å². The number of aromatic nitrogens is 2. The molecule has 1 aliphatic rings. The number of rotatable bonds is 6. The van der Waals surface area contributed by atoms with Gasteiger partial charge in [0, 0.05) is 24.2 Å². The molecular formula is C12H19N5O2S2. The second kappa shape index (κ2) is 5.24. The van der Waals surface area contributed by atoms with Crippen LogP contribution in [0.4, 0.5) is 5.82 Å². The zero-order valence-corrected chi connectivity index (χ0v) is 13.6. The molecule has 0 radical (unpaired) electrons. The molecule has 0 amide bonds. The third-order valence-corrected chi connectivity index (χ3v) is 6.44. The van der Waals surface area contributed by atoms with E-state index in [9.17, 15) is 8.42 Å². The summed E-state index contributed by atoms with van der Waals surface area (Å²) in [7, 11) is -3.65. The number of thiazole rings is 1. The Hall–Kier alpha value is -1.16. The van der Waals surface area contributed by atoms with Gasteiger partial charge in [-0.2, -0.15) is 9.29 Å². The van der Waals surface area contributed by atoms with Crippen LogP contribution in [0, 0.1) is 5.92 Å². The SMILES string of the molecule is CC(C)N(CC1CC1)S(=O)(=O)c1c(NN)nc2sccn12. The van der Waals surface area contributed by atoms with Crippen LogP contribution in [0.25, 0.3) is 4.96 Å². The Kier molecular flexibility index (Phi) is 3.68. The van der Waals surface area contributed by atoms with E-state index < -0.39 is 10.0 Å². The first-order valence-electron chi connectivity index (χ1n) is 6.89. The van der Waals surface area contributed by atoms with Gasteiger partial charge < -0.3 is 5.43 Å². The molecule has 116 valence electrons. The number of fused-ring (bicyclic) bond motifs is 1. The maximum absolute atomic E-state index is 13.1. The van der Waals surface area contributed by atoms with Crippen molar-refractivity contribution in [1.29, 1.82) is 0 Å². The van der Waals surface area contributed by atoms with Gasteiger partial charge in [-0.3, -0.25) is 4.40 Å². The third-order valence-electron chi connectivity index (χ3n) is 3.62. The van der Waals surface area contributed by atoms with E-state index in [1.165, 1.54) is 11.3 Å². The lowest BCUT2D eigenvalue weighted by molar-refractivity contribution is 0.340. The summed E-state index contributed by atoms with van der Waals surface area (Å²) < 4.78 is 29.3. The van der Waals surface area contributed by atoms with Gasteiger partial charge in [-0.1, -0.05) is 0 Å². The van der Waals surface area contributed by atoms with Crippen LogP contribution in [0.5, 0.6) is 0 Å². The zero-order chi connectivity index (χ0) is 15.2. The Morgan fingerprint density at radius 2 is 2.29 bits per heavy atom. The van der Waals surface area contributed by atoms with E-state index in [1.807, 2.05) is 19.2 Å². The number of nitrogens with one attached hydrogen (secondary N) is 1. The summed E-state index contributed by atoms with van der Waals surface area (Å²) in [5.74, 6) is 6.13. The molecule has 0 saturated heterocycles. The molecule has 2 heterocycles. The number of nitrogens with zero attached hydrogens (tertiary/aromatic N) is 3. The summed E-state index contributed by atoms with van der Waals surface area (Å²) >= 11 is 1.37. The van der Waals surface area contributed by atoms with E-state index in [-0.39, 0.29) is 16.9 Å². The van der Waals surface area contributed by atoms with Crippen molar-refractivity contribution in [3.63, 3.8) is 0 Å². The van der Waals surface area contributed by atoms with E-state index in [0.29, 0.717) is 17.4 Å². The molecule has 1 saturated carbocycles. The fourth-order valence-corrected chi connectivity index (χ4v) is 5.06. The smallest absolute Gasteiger partial charge is 0.263 e. The van der Waals surface area contributed by atoms with Crippen LogP contribution in [-0.4, -0.2) is 34.7 Å². The van der Waals surface area contributed by atoms with Gasteiger partial charge in [-0.05, 0) is 32.6 Å². The molecule has 7 nitrogen and oxygen atoms in total. The molecule has 0 atom stereocenters. The number of nitrogens with two attached hydrogens (primary N) is 1. The highest BCUT2D eigenvalue weighted by atomic mass is 32.2. The van der Waals surface area contributed by atoms with Crippen molar-refractivity contribution in [2.45, 2.75) is 37.8 Å². The number of sulfonamides is 1. The maximum atomic E-state index is 13.1. The van der Waals surface area contributed by atoms with Crippen LogP contribution in [0.15, 0.2) is 16.6 Å². The second-order valence-electron chi connectivity index (χ2n) is 5.58. The number of hydrogen-bond acceptors (Lipinski definition) is 6. The first kappa shape index (κ1) is 14.8. The van der Waals surface area contributed by atoms with Crippen LogP contribution < -0.4 is 11.3 Å². The summed E-state index contributed by atoms with van der Waals surface area (Å²) in [5, 5.41) is 1.93. The van der Waals surface area contributed by atoms with Crippen molar-refractivity contribution >= 4 is 32.1 Å². The van der Waals surface area contributed by atoms with E-state index in [0.717, 1.165) is 12.8 Å². The largest absolute Gasteiger partial charge is 0.306 e. The predicted molar refractivity (Wildman–Crippen MR) is 82.6 cm³/mol. The molecule has 1 fully saturated rings. The predicted octanol–water partition coefficient (Wildman–Crippen LogP) is 1.49. The Bertz CT molecular complexity index is 745. The number of anilines is 1. The number of hydrogen-bond donors (Lipinski definition) is 2. The highest BCUT2D eigenvalue weighted by molar-refractivity contribution is 7.89. The molecule has 0 bridgehead atoms. The average molecular weight is 329 g/mol. The van der Waals surface area contributed by atoms with E-state index >= 15 is 0 Å². The minimum atomic E-state index is -3.65. The van der Waals surface area contributed by atoms with Crippen LogP contribution in [-0.2, 0) is 10.0 Å². The van der Waals surface area contributed by atoms with Crippen molar-refractivity contribution in [2.24, 2.45) is 11.8 Å². The van der Waals surface area contributed by atoms with E-state index in [2.05, 4.69) is 10.4 Å². The van der Waals surface area contributed by atoms with E-state index in [4.69, 9.17) is 5.84 Å². The average Bonchev–Trinajstić information content (AvgIpc) is 3.00. The maximum Gasteiger partial charge on any atom is 0.263 e. The second-order valence-corrected chi connectivity index (χ2v) is 8.26. The Labute approximate surface area is 127 Å². The lowest BCUT2D eigenvalue weighted by atomic mass is 10.3. The Morgan fingerprint density at radius 1 is 1.57 bits per heavy atom.